The van der Waals surface area contributed by atoms with Crippen molar-refractivity contribution in [3.8, 4) is 11.8 Å². The first-order valence-electron chi connectivity index (χ1n) is 5.23. The van der Waals surface area contributed by atoms with Gasteiger partial charge in [0.1, 0.15) is 0 Å². The van der Waals surface area contributed by atoms with Gasteiger partial charge in [0, 0.05) is 35.3 Å². The maximum Gasteiger partial charge on any atom is 0.0558 e. The molecule has 3 nitrogen and oxygen atoms in total. The number of aliphatic hydroxyl groups is 2. The summed E-state index contributed by atoms with van der Waals surface area (Å²) in [5.41, 5.74) is 1.01. The van der Waals surface area contributed by atoms with Crippen LogP contribution in [0, 0.1) is 11.8 Å². The van der Waals surface area contributed by atoms with Crippen LogP contribution in [0.3, 0.4) is 0 Å². The molecule has 0 saturated heterocycles. The van der Waals surface area contributed by atoms with Crippen molar-refractivity contribution in [3.63, 3.8) is 0 Å². The molecule has 0 unspecified atom stereocenters. The third-order valence-electron chi connectivity index (χ3n) is 2.03. The fourth-order valence-electron chi connectivity index (χ4n) is 1.27. The molecule has 0 atom stereocenters. The molecule has 0 radical (unpaired) electrons. The second-order valence-electron chi connectivity index (χ2n) is 3.54. The lowest BCUT2D eigenvalue weighted by Gasteiger charge is -2.12. The predicted octanol–water partition coefficient (Wildman–Crippen LogP) is 0.906. The molecule has 16 heavy (non-hydrogen) atoms. The van der Waals surface area contributed by atoms with E-state index in [1.54, 1.807) is 11.3 Å². The van der Waals surface area contributed by atoms with E-state index in [0.717, 1.165) is 12.1 Å². The molecule has 1 aromatic heterocycles. The smallest absolute Gasteiger partial charge is 0.0558 e. The van der Waals surface area contributed by atoms with E-state index in [4.69, 9.17) is 10.2 Å². The Morgan fingerprint density at radius 1 is 1.38 bits per heavy atom. The third kappa shape index (κ3) is 4.77. The second kappa shape index (κ2) is 7.42. The van der Waals surface area contributed by atoms with E-state index < -0.39 is 0 Å². The van der Waals surface area contributed by atoms with Crippen LogP contribution >= 0.6 is 11.3 Å². The van der Waals surface area contributed by atoms with Crippen LogP contribution in [0.4, 0.5) is 0 Å². The molecule has 4 heteroatoms. The van der Waals surface area contributed by atoms with Crippen LogP contribution in [0.2, 0.25) is 0 Å². The highest BCUT2D eigenvalue weighted by Crippen LogP contribution is 2.15. The summed E-state index contributed by atoms with van der Waals surface area (Å²) in [5, 5.41) is 19.4. The Bertz CT molecular complexity index is 365. The average molecular weight is 239 g/mol. The Labute approximate surface area is 100 Å². The zero-order valence-corrected chi connectivity index (χ0v) is 10.3. The second-order valence-corrected chi connectivity index (χ2v) is 4.53. The SMILES string of the molecule is CN(CCO)Cc1cc(C#CCCO)cs1. The summed E-state index contributed by atoms with van der Waals surface area (Å²) in [7, 11) is 1.98. The number of rotatable bonds is 5. The lowest BCUT2D eigenvalue weighted by Crippen LogP contribution is -2.20. The molecule has 1 heterocycles. The average Bonchev–Trinajstić information content (AvgIpc) is 2.66. The first kappa shape index (κ1) is 13.2. The third-order valence-corrected chi connectivity index (χ3v) is 2.95. The largest absolute Gasteiger partial charge is 0.395 e. The zero-order chi connectivity index (χ0) is 11.8. The minimum Gasteiger partial charge on any atom is -0.395 e. The van der Waals surface area contributed by atoms with E-state index in [2.05, 4.69) is 22.8 Å². The van der Waals surface area contributed by atoms with Gasteiger partial charge in [0.05, 0.1) is 13.2 Å². The number of hydrogen-bond donors (Lipinski definition) is 2. The topological polar surface area (TPSA) is 43.7 Å². The predicted molar refractivity (Wildman–Crippen MR) is 66.3 cm³/mol. The van der Waals surface area contributed by atoms with Gasteiger partial charge < -0.3 is 10.2 Å². The molecular formula is C12H17NO2S. The van der Waals surface area contributed by atoms with Crippen molar-refractivity contribution in [1.82, 2.24) is 4.90 Å². The van der Waals surface area contributed by atoms with Crippen molar-refractivity contribution < 1.29 is 10.2 Å². The van der Waals surface area contributed by atoms with Crippen molar-refractivity contribution in [2.45, 2.75) is 13.0 Å². The molecule has 0 spiro atoms. The Hall–Kier alpha value is -0.860. The van der Waals surface area contributed by atoms with Gasteiger partial charge in [-0.2, -0.15) is 0 Å². The van der Waals surface area contributed by atoms with E-state index in [1.807, 2.05) is 12.4 Å². The monoisotopic (exact) mass is 239 g/mol. The van der Waals surface area contributed by atoms with E-state index in [-0.39, 0.29) is 13.2 Å². The standard InChI is InChI=1S/C12H17NO2S/c1-13(5-7-15)9-12-8-11(10-16-12)4-2-3-6-14/h8,10,14-15H,3,5-7,9H2,1H3. The minimum atomic E-state index is 0.114. The molecule has 1 rings (SSSR count). The van der Waals surface area contributed by atoms with Gasteiger partial charge >= 0.3 is 0 Å². The van der Waals surface area contributed by atoms with Gasteiger partial charge in [-0.25, -0.2) is 0 Å². The maximum atomic E-state index is 8.78. The van der Waals surface area contributed by atoms with Crippen molar-refractivity contribution in [1.29, 1.82) is 0 Å². The molecule has 2 N–H and O–H groups in total. The van der Waals surface area contributed by atoms with Crippen molar-refractivity contribution in [3.05, 3.63) is 21.9 Å². The first-order chi connectivity index (χ1) is 7.76. The summed E-state index contributed by atoms with van der Waals surface area (Å²) in [5.74, 6) is 5.90. The van der Waals surface area contributed by atoms with Crippen molar-refractivity contribution >= 4 is 11.3 Å². The lowest BCUT2D eigenvalue weighted by molar-refractivity contribution is 0.218. The lowest BCUT2D eigenvalue weighted by atomic mass is 10.3. The van der Waals surface area contributed by atoms with Crippen LogP contribution in [0.5, 0.6) is 0 Å². The fourth-order valence-corrected chi connectivity index (χ4v) is 2.16. The molecule has 88 valence electrons. The maximum absolute atomic E-state index is 8.78. The van der Waals surface area contributed by atoms with Crippen LogP contribution in [-0.2, 0) is 6.54 Å². The Kier molecular flexibility index (Phi) is 6.12. The highest BCUT2D eigenvalue weighted by atomic mass is 32.1. The number of nitrogens with zero attached hydrogens (tertiary/aromatic N) is 1. The quantitative estimate of drug-likeness (QED) is 0.751. The molecular weight excluding hydrogens is 222 g/mol. The Morgan fingerprint density at radius 2 is 2.19 bits per heavy atom. The summed E-state index contributed by atoms with van der Waals surface area (Å²) in [6.45, 7) is 1.82. The normalized spacial score (nSPS) is 10.2. The van der Waals surface area contributed by atoms with E-state index >= 15 is 0 Å². The number of aliphatic hydroxyl groups excluding tert-OH is 2. The highest BCUT2D eigenvalue weighted by molar-refractivity contribution is 7.10. The van der Waals surface area contributed by atoms with Gasteiger partial charge in [0.15, 0.2) is 0 Å². The molecule has 0 aliphatic carbocycles. The van der Waals surface area contributed by atoms with Gasteiger partial charge in [-0.05, 0) is 13.1 Å². The molecule has 0 aromatic carbocycles. The van der Waals surface area contributed by atoms with Crippen molar-refractivity contribution in [2.75, 3.05) is 26.8 Å². The van der Waals surface area contributed by atoms with Gasteiger partial charge in [-0.15, -0.1) is 11.3 Å². The van der Waals surface area contributed by atoms with Crippen LogP contribution in [0.15, 0.2) is 11.4 Å². The Morgan fingerprint density at radius 3 is 2.88 bits per heavy atom. The highest BCUT2D eigenvalue weighted by Gasteiger charge is 2.02. The molecule has 0 aliphatic heterocycles. The number of thiophene rings is 1. The number of hydrogen-bond acceptors (Lipinski definition) is 4. The first-order valence-corrected chi connectivity index (χ1v) is 6.10. The summed E-state index contributed by atoms with van der Waals surface area (Å²) in [6, 6.07) is 2.06. The number of likely N-dealkylation sites (N-methyl/N-ethyl adjacent to an activating group) is 1. The summed E-state index contributed by atoms with van der Waals surface area (Å²) in [4.78, 5) is 3.31. The van der Waals surface area contributed by atoms with E-state index in [0.29, 0.717) is 13.0 Å². The van der Waals surface area contributed by atoms with Crippen LogP contribution in [0.25, 0.3) is 0 Å². The van der Waals surface area contributed by atoms with Crippen LogP contribution in [0.1, 0.15) is 16.9 Å². The molecule has 0 saturated carbocycles. The van der Waals surface area contributed by atoms with E-state index in [9.17, 15) is 0 Å². The molecule has 1 aromatic rings. The van der Waals surface area contributed by atoms with Crippen LogP contribution < -0.4 is 0 Å². The van der Waals surface area contributed by atoms with Crippen LogP contribution in [-0.4, -0.2) is 41.9 Å². The van der Waals surface area contributed by atoms with Gasteiger partial charge in [0.2, 0.25) is 0 Å². The fraction of sp³-hybridized carbons (Fsp3) is 0.500. The van der Waals surface area contributed by atoms with E-state index in [1.165, 1.54) is 4.88 Å². The summed E-state index contributed by atoms with van der Waals surface area (Å²) in [6.07, 6.45) is 0.523. The zero-order valence-electron chi connectivity index (χ0n) is 9.44. The molecule has 0 bridgehead atoms. The van der Waals surface area contributed by atoms with Gasteiger partial charge in [0.25, 0.3) is 0 Å². The molecule has 0 aliphatic rings. The van der Waals surface area contributed by atoms with Gasteiger partial charge in [-0.1, -0.05) is 11.8 Å². The Balaban J connectivity index is 2.49. The van der Waals surface area contributed by atoms with Gasteiger partial charge in [-0.3, -0.25) is 4.90 Å². The summed E-state index contributed by atoms with van der Waals surface area (Å²) < 4.78 is 0. The van der Waals surface area contributed by atoms with Crippen molar-refractivity contribution in [2.24, 2.45) is 0 Å². The molecule has 0 fully saturated rings. The summed E-state index contributed by atoms with van der Waals surface area (Å²) >= 11 is 1.67. The minimum absolute atomic E-state index is 0.114. The molecule has 0 amide bonds.